The molecule has 0 unspecified atom stereocenters. The molecule has 2 aliphatic heterocycles. The van der Waals surface area contributed by atoms with Crippen LogP contribution in [-0.2, 0) is 14.2 Å². The van der Waals surface area contributed by atoms with Gasteiger partial charge in [0.15, 0.2) is 5.79 Å². The molecule has 0 aromatic carbocycles. The SMILES string of the molecule is CC1(C)OC[C@H]([C@@H](O)C[C@@H]2CO2)O1. The Hall–Kier alpha value is -0.160. The Balaban J connectivity index is 1.80. The molecule has 2 heterocycles. The molecule has 76 valence electrons. The summed E-state index contributed by atoms with van der Waals surface area (Å²) in [7, 11) is 0. The minimum Gasteiger partial charge on any atom is -0.390 e. The highest BCUT2D eigenvalue weighted by Crippen LogP contribution is 2.27. The Kier molecular flexibility index (Phi) is 2.32. The second-order valence-electron chi connectivity index (χ2n) is 4.13. The summed E-state index contributed by atoms with van der Waals surface area (Å²) in [6, 6.07) is 0. The highest BCUT2D eigenvalue weighted by Gasteiger charge is 2.39. The van der Waals surface area contributed by atoms with Crippen molar-refractivity contribution in [2.75, 3.05) is 13.2 Å². The van der Waals surface area contributed by atoms with Gasteiger partial charge in [-0.15, -0.1) is 0 Å². The van der Waals surface area contributed by atoms with E-state index in [9.17, 15) is 5.11 Å². The van der Waals surface area contributed by atoms with E-state index >= 15 is 0 Å². The summed E-state index contributed by atoms with van der Waals surface area (Å²) in [6.07, 6.45) is 0.236. The third-order valence-corrected chi connectivity index (χ3v) is 2.37. The molecule has 13 heavy (non-hydrogen) atoms. The van der Waals surface area contributed by atoms with E-state index in [2.05, 4.69) is 0 Å². The van der Waals surface area contributed by atoms with Gasteiger partial charge in [0.05, 0.1) is 25.4 Å². The third-order valence-electron chi connectivity index (χ3n) is 2.37. The molecule has 0 saturated carbocycles. The van der Waals surface area contributed by atoms with Gasteiger partial charge in [0.1, 0.15) is 6.10 Å². The van der Waals surface area contributed by atoms with Gasteiger partial charge < -0.3 is 19.3 Å². The normalized spacial score (nSPS) is 39.0. The summed E-state index contributed by atoms with van der Waals surface area (Å²) in [5.41, 5.74) is 0. The molecule has 0 bridgehead atoms. The molecule has 3 atom stereocenters. The Labute approximate surface area is 77.8 Å². The molecule has 2 fully saturated rings. The molecule has 0 aromatic rings. The van der Waals surface area contributed by atoms with Crippen molar-refractivity contribution in [3.05, 3.63) is 0 Å². The van der Waals surface area contributed by atoms with Gasteiger partial charge in [-0.3, -0.25) is 0 Å². The van der Waals surface area contributed by atoms with Gasteiger partial charge >= 0.3 is 0 Å². The van der Waals surface area contributed by atoms with Gasteiger partial charge in [0.2, 0.25) is 0 Å². The van der Waals surface area contributed by atoms with E-state index < -0.39 is 11.9 Å². The Morgan fingerprint density at radius 2 is 2.15 bits per heavy atom. The van der Waals surface area contributed by atoms with Crippen LogP contribution in [0.15, 0.2) is 0 Å². The zero-order valence-electron chi connectivity index (χ0n) is 8.03. The first-order valence-electron chi connectivity index (χ1n) is 4.68. The second-order valence-corrected chi connectivity index (χ2v) is 4.13. The van der Waals surface area contributed by atoms with Crippen LogP contribution in [0.1, 0.15) is 20.3 Å². The van der Waals surface area contributed by atoms with Crippen molar-refractivity contribution in [1.29, 1.82) is 0 Å². The molecule has 2 saturated heterocycles. The number of aliphatic hydroxyl groups is 1. The summed E-state index contributed by atoms with van der Waals surface area (Å²) < 4.78 is 15.9. The number of hydrogen-bond donors (Lipinski definition) is 1. The Morgan fingerprint density at radius 3 is 2.62 bits per heavy atom. The van der Waals surface area contributed by atoms with E-state index in [4.69, 9.17) is 14.2 Å². The van der Waals surface area contributed by atoms with Crippen molar-refractivity contribution >= 4 is 0 Å². The van der Waals surface area contributed by atoms with E-state index in [-0.39, 0.29) is 12.2 Å². The van der Waals surface area contributed by atoms with Crippen LogP contribution in [0, 0.1) is 0 Å². The van der Waals surface area contributed by atoms with Crippen LogP contribution in [0.2, 0.25) is 0 Å². The molecule has 0 aliphatic carbocycles. The van der Waals surface area contributed by atoms with E-state index in [1.807, 2.05) is 13.8 Å². The van der Waals surface area contributed by atoms with Crippen molar-refractivity contribution in [2.24, 2.45) is 0 Å². The predicted molar refractivity (Wildman–Crippen MR) is 45.3 cm³/mol. The van der Waals surface area contributed by atoms with Crippen molar-refractivity contribution in [3.8, 4) is 0 Å². The molecule has 0 aromatic heterocycles. The molecule has 2 aliphatic rings. The average molecular weight is 188 g/mol. The van der Waals surface area contributed by atoms with E-state index in [0.717, 1.165) is 6.61 Å². The number of hydrogen-bond acceptors (Lipinski definition) is 4. The van der Waals surface area contributed by atoms with Crippen LogP contribution in [-0.4, -0.2) is 42.4 Å². The highest BCUT2D eigenvalue weighted by molar-refractivity contribution is 4.82. The maximum absolute atomic E-state index is 9.71. The molecule has 1 N–H and O–H groups in total. The van der Waals surface area contributed by atoms with Gasteiger partial charge in [0.25, 0.3) is 0 Å². The van der Waals surface area contributed by atoms with Gasteiger partial charge in [0, 0.05) is 6.42 Å². The van der Waals surface area contributed by atoms with Crippen LogP contribution in [0.5, 0.6) is 0 Å². The van der Waals surface area contributed by atoms with Crippen molar-refractivity contribution in [2.45, 2.75) is 44.4 Å². The fraction of sp³-hybridized carbons (Fsp3) is 1.00. The lowest BCUT2D eigenvalue weighted by Crippen LogP contribution is -2.31. The second kappa shape index (κ2) is 3.20. The summed E-state index contributed by atoms with van der Waals surface area (Å²) in [6.45, 7) is 4.95. The molecular weight excluding hydrogens is 172 g/mol. The van der Waals surface area contributed by atoms with Crippen LogP contribution in [0.25, 0.3) is 0 Å². The molecule has 0 amide bonds. The summed E-state index contributed by atoms with van der Waals surface area (Å²) >= 11 is 0. The molecule has 2 rings (SSSR count). The maximum Gasteiger partial charge on any atom is 0.163 e. The van der Waals surface area contributed by atoms with E-state index in [1.54, 1.807) is 0 Å². The quantitative estimate of drug-likeness (QED) is 0.647. The van der Waals surface area contributed by atoms with Gasteiger partial charge in [-0.05, 0) is 13.8 Å². The first-order valence-corrected chi connectivity index (χ1v) is 4.68. The van der Waals surface area contributed by atoms with Crippen molar-refractivity contribution < 1.29 is 19.3 Å². The van der Waals surface area contributed by atoms with Crippen molar-refractivity contribution in [1.82, 2.24) is 0 Å². The lowest BCUT2D eigenvalue weighted by molar-refractivity contribution is -0.151. The highest BCUT2D eigenvalue weighted by atomic mass is 16.7. The summed E-state index contributed by atoms with van der Waals surface area (Å²) in [4.78, 5) is 0. The van der Waals surface area contributed by atoms with Crippen LogP contribution < -0.4 is 0 Å². The zero-order chi connectivity index (χ0) is 9.47. The third kappa shape index (κ3) is 2.40. The molecule has 0 radical (unpaired) electrons. The number of aliphatic hydroxyl groups excluding tert-OH is 1. The predicted octanol–water partition coefficient (Wildman–Crippen LogP) is 0.288. The smallest absolute Gasteiger partial charge is 0.163 e. The number of epoxide rings is 1. The Bertz CT molecular complexity index is 188. The zero-order valence-corrected chi connectivity index (χ0v) is 8.03. The number of ether oxygens (including phenoxy) is 3. The van der Waals surface area contributed by atoms with Crippen LogP contribution in [0.4, 0.5) is 0 Å². The van der Waals surface area contributed by atoms with Gasteiger partial charge in [-0.25, -0.2) is 0 Å². The fourth-order valence-corrected chi connectivity index (χ4v) is 1.53. The average Bonchev–Trinajstić information content (AvgIpc) is 2.75. The topological polar surface area (TPSA) is 51.2 Å². The monoisotopic (exact) mass is 188 g/mol. The summed E-state index contributed by atoms with van der Waals surface area (Å²) in [5.74, 6) is -0.546. The maximum atomic E-state index is 9.71. The Morgan fingerprint density at radius 1 is 1.46 bits per heavy atom. The lowest BCUT2D eigenvalue weighted by Gasteiger charge is -2.19. The van der Waals surface area contributed by atoms with Crippen molar-refractivity contribution in [3.63, 3.8) is 0 Å². The van der Waals surface area contributed by atoms with Crippen LogP contribution in [0.3, 0.4) is 0 Å². The standard InChI is InChI=1S/C9H16O4/c1-9(2)12-5-8(13-9)7(10)3-6-4-11-6/h6-8,10H,3-5H2,1-2H3/t6-,7+,8-/m1/s1. The van der Waals surface area contributed by atoms with Gasteiger partial charge in [-0.2, -0.15) is 0 Å². The summed E-state index contributed by atoms with van der Waals surface area (Å²) in [5, 5.41) is 9.71. The van der Waals surface area contributed by atoms with Gasteiger partial charge in [-0.1, -0.05) is 0 Å². The van der Waals surface area contributed by atoms with Crippen LogP contribution >= 0.6 is 0 Å². The largest absolute Gasteiger partial charge is 0.390 e. The first kappa shape index (κ1) is 9.40. The minimum absolute atomic E-state index is 0.195. The number of rotatable bonds is 3. The first-order chi connectivity index (χ1) is 6.07. The molecule has 0 spiro atoms. The molecule has 4 nitrogen and oxygen atoms in total. The fourth-order valence-electron chi connectivity index (χ4n) is 1.53. The van der Waals surface area contributed by atoms with E-state index in [0.29, 0.717) is 13.0 Å². The minimum atomic E-state index is -0.546. The van der Waals surface area contributed by atoms with E-state index in [1.165, 1.54) is 0 Å². The lowest BCUT2D eigenvalue weighted by atomic mass is 10.1. The molecular formula is C9H16O4. The molecule has 4 heteroatoms.